The van der Waals surface area contributed by atoms with E-state index in [9.17, 15) is 0 Å². The van der Waals surface area contributed by atoms with Crippen LogP contribution in [-0.2, 0) is 6.54 Å². The molecule has 0 fully saturated rings. The van der Waals surface area contributed by atoms with Crippen molar-refractivity contribution in [3.05, 3.63) is 18.0 Å². The van der Waals surface area contributed by atoms with E-state index in [2.05, 4.69) is 42.6 Å². The number of hydrogen-bond donors (Lipinski definition) is 1. The van der Waals surface area contributed by atoms with Gasteiger partial charge in [-0.2, -0.15) is 0 Å². The van der Waals surface area contributed by atoms with Crippen molar-refractivity contribution in [1.29, 1.82) is 0 Å². The summed E-state index contributed by atoms with van der Waals surface area (Å²) in [6.07, 6.45) is 4.13. The van der Waals surface area contributed by atoms with E-state index in [1.165, 1.54) is 0 Å². The zero-order chi connectivity index (χ0) is 14.3. The summed E-state index contributed by atoms with van der Waals surface area (Å²) in [5.74, 6) is 2.21. The first kappa shape index (κ1) is 15.9. The van der Waals surface area contributed by atoms with Crippen molar-refractivity contribution in [2.75, 3.05) is 18.0 Å². The predicted octanol–water partition coefficient (Wildman–Crippen LogP) is 2.83. The molecule has 0 aliphatic heterocycles. The maximum absolute atomic E-state index is 5.65. The van der Waals surface area contributed by atoms with Crippen molar-refractivity contribution in [3.63, 3.8) is 0 Å². The van der Waals surface area contributed by atoms with Crippen molar-refractivity contribution < 1.29 is 0 Å². The molecule has 0 bridgehead atoms. The molecule has 4 nitrogen and oxygen atoms in total. The van der Waals surface area contributed by atoms with Crippen LogP contribution >= 0.6 is 0 Å². The standard InChI is InChI=1S/C15H28N4/c1-12(2)6-9-19(10-7-13(3)4)15-17-8-5-14(11-16)18-15/h5,8,12-13H,6-7,9-11,16H2,1-4H3. The molecule has 1 heterocycles. The first-order valence-electron chi connectivity index (χ1n) is 7.29. The van der Waals surface area contributed by atoms with E-state index in [1.807, 2.05) is 12.3 Å². The van der Waals surface area contributed by atoms with E-state index in [4.69, 9.17) is 5.73 Å². The Morgan fingerprint density at radius 3 is 2.16 bits per heavy atom. The van der Waals surface area contributed by atoms with E-state index < -0.39 is 0 Å². The maximum atomic E-state index is 5.65. The van der Waals surface area contributed by atoms with Gasteiger partial charge < -0.3 is 10.6 Å². The number of anilines is 1. The lowest BCUT2D eigenvalue weighted by Gasteiger charge is -2.24. The Morgan fingerprint density at radius 1 is 1.11 bits per heavy atom. The Labute approximate surface area is 117 Å². The lowest BCUT2D eigenvalue weighted by Crippen LogP contribution is -2.29. The number of rotatable bonds is 8. The molecular weight excluding hydrogens is 236 g/mol. The minimum absolute atomic E-state index is 0.470. The van der Waals surface area contributed by atoms with Crippen LogP contribution in [0.2, 0.25) is 0 Å². The van der Waals surface area contributed by atoms with Crippen molar-refractivity contribution in [2.45, 2.75) is 47.1 Å². The van der Waals surface area contributed by atoms with Gasteiger partial charge in [-0.15, -0.1) is 0 Å². The highest BCUT2D eigenvalue weighted by Gasteiger charge is 2.11. The van der Waals surface area contributed by atoms with Gasteiger partial charge in [-0.1, -0.05) is 27.7 Å². The quantitative estimate of drug-likeness (QED) is 0.784. The monoisotopic (exact) mass is 264 g/mol. The fourth-order valence-corrected chi connectivity index (χ4v) is 1.79. The van der Waals surface area contributed by atoms with Crippen LogP contribution in [0.15, 0.2) is 12.3 Å². The Morgan fingerprint density at radius 2 is 1.68 bits per heavy atom. The number of nitrogens with two attached hydrogens (primary N) is 1. The molecule has 2 N–H and O–H groups in total. The summed E-state index contributed by atoms with van der Waals surface area (Å²) in [5.41, 5.74) is 6.56. The molecule has 0 radical (unpaired) electrons. The molecule has 0 spiro atoms. The molecule has 0 aromatic carbocycles. The summed E-state index contributed by atoms with van der Waals surface area (Å²) >= 11 is 0. The predicted molar refractivity (Wildman–Crippen MR) is 81.0 cm³/mol. The highest BCUT2D eigenvalue weighted by atomic mass is 15.2. The van der Waals surface area contributed by atoms with Crippen LogP contribution in [0.1, 0.15) is 46.2 Å². The first-order valence-corrected chi connectivity index (χ1v) is 7.29. The maximum Gasteiger partial charge on any atom is 0.225 e. The Bertz CT molecular complexity index is 351. The van der Waals surface area contributed by atoms with Gasteiger partial charge in [-0.25, -0.2) is 9.97 Å². The van der Waals surface area contributed by atoms with Gasteiger partial charge in [-0.3, -0.25) is 0 Å². The normalized spacial score (nSPS) is 11.3. The molecule has 1 aromatic rings. The molecule has 0 saturated carbocycles. The van der Waals surface area contributed by atoms with Gasteiger partial charge in [-0.05, 0) is 30.7 Å². The smallest absolute Gasteiger partial charge is 0.225 e. The minimum Gasteiger partial charge on any atom is -0.341 e. The highest BCUT2D eigenvalue weighted by Crippen LogP contribution is 2.13. The average Bonchev–Trinajstić information content (AvgIpc) is 2.38. The lowest BCUT2D eigenvalue weighted by molar-refractivity contribution is 0.529. The van der Waals surface area contributed by atoms with Crippen molar-refractivity contribution >= 4 is 5.95 Å². The van der Waals surface area contributed by atoms with E-state index in [0.717, 1.165) is 37.6 Å². The second-order valence-electron chi connectivity index (χ2n) is 5.90. The fraction of sp³-hybridized carbons (Fsp3) is 0.733. The zero-order valence-electron chi connectivity index (χ0n) is 12.8. The van der Waals surface area contributed by atoms with E-state index in [1.54, 1.807) is 0 Å². The zero-order valence-corrected chi connectivity index (χ0v) is 12.8. The van der Waals surface area contributed by atoms with Crippen molar-refractivity contribution in [1.82, 2.24) is 9.97 Å². The summed E-state index contributed by atoms with van der Waals surface area (Å²) < 4.78 is 0. The largest absolute Gasteiger partial charge is 0.341 e. The Hall–Kier alpha value is -1.16. The highest BCUT2D eigenvalue weighted by molar-refractivity contribution is 5.30. The Balaban J connectivity index is 2.74. The Kier molecular flexibility index (Phi) is 6.78. The molecule has 0 amide bonds. The summed E-state index contributed by atoms with van der Waals surface area (Å²) in [7, 11) is 0. The van der Waals surface area contributed by atoms with Crippen LogP contribution in [0.3, 0.4) is 0 Å². The molecule has 1 rings (SSSR count). The summed E-state index contributed by atoms with van der Waals surface area (Å²) in [5, 5.41) is 0. The molecule has 108 valence electrons. The fourth-order valence-electron chi connectivity index (χ4n) is 1.79. The topological polar surface area (TPSA) is 55.0 Å². The molecule has 0 unspecified atom stereocenters. The van der Waals surface area contributed by atoms with Gasteiger partial charge >= 0.3 is 0 Å². The third-order valence-electron chi connectivity index (χ3n) is 3.15. The van der Waals surface area contributed by atoms with E-state index in [-0.39, 0.29) is 0 Å². The molecule has 1 aromatic heterocycles. The molecule has 0 saturated heterocycles. The van der Waals surface area contributed by atoms with E-state index in [0.29, 0.717) is 18.4 Å². The van der Waals surface area contributed by atoms with Crippen LogP contribution in [0, 0.1) is 11.8 Å². The van der Waals surface area contributed by atoms with Gasteiger partial charge in [0.1, 0.15) is 0 Å². The van der Waals surface area contributed by atoms with Crippen molar-refractivity contribution in [3.8, 4) is 0 Å². The third kappa shape index (κ3) is 6.01. The van der Waals surface area contributed by atoms with Gasteiger partial charge in [0.25, 0.3) is 0 Å². The second kappa shape index (κ2) is 8.10. The summed E-state index contributed by atoms with van der Waals surface area (Å²) in [6.45, 7) is 11.5. The SMILES string of the molecule is CC(C)CCN(CCC(C)C)c1nccc(CN)n1. The molecule has 19 heavy (non-hydrogen) atoms. The molecule has 4 heteroatoms. The molecule has 0 aliphatic rings. The molecular formula is C15H28N4. The van der Waals surface area contributed by atoms with Crippen LogP contribution in [0.5, 0.6) is 0 Å². The van der Waals surface area contributed by atoms with Crippen LogP contribution in [-0.4, -0.2) is 23.1 Å². The third-order valence-corrected chi connectivity index (χ3v) is 3.15. The van der Waals surface area contributed by atoms with Crippen LogP contribution in [0.25, 0.3) is 0 Å². The molecule has 0 atom stereocenters. The minimum atomic E-state index is 0.470. The number of hydrogen-bond acceptors (Lipinski definition) is 4. The van der Waals surface area contributed by atoms with Gasteiger partial charge in [0.15, 0.2) is 0 Å². The number of nitrogens with zero attached hydrogens (tertiary/aromatic N) is 3. The van der Waals surface area contributed by atoms with E-state index >= 15 is 0 Å². The summed E-state index contributed by atoms with van der Waals surface area (Å²) in [6, 6.07) is 1.88. The lowest BCUT2D eigenvalue weighted by atomic mass is 10.1. The van der Waals surface area contributed by atoms with Gasteiger partial charge in [0, 0.05) is 25.8 Å². The second-order valence-corrected chi connectivity index (χ2v) is 5.90. The van der Waals surface area contributed by atoms with Crippen molar-refractivity contribution in [2.24, 2.45) is 17.6 Å². The number of aromatic nitrogens is 2. The van der Waals surface area contributed by atoms with Gasteiger partial charge in [0.2, 0.25) is 5.95 Å². The molecule has 0 aliphatic carbocycles. The van der Waals surface area contributed by atoms with Gasteiger partial charge in [0.05, 0.1) is 5.69 Å². The average molecular weight is 264 g/mol. The van der Waals surface area contributed by atoms with Crippen LogP contribution in [0.4, 0.5) is 5.95 Å². The van der Waals surface area contributed by atoms with Crippen LogP contribution < -0.4 is 10.6 Å². The first-order chi connectivity index (χ1) is 9.02. The summed E-state index contributed by atoms with van der Waals surface area (Å²) in [4.78, 5) is 11.2.